The lowest BCUT2D eigenvalue weighted by Crippen LogP contribution is -2.04. The summed E-state index contributed by atoms with van der Waals surface area (Å²) in [6.07, 6.45) is 3.09. The third-order valence-electron chi connectivity index (χ3n) is 2.63. The lowest BCUT2D eigenvalue weighted by atomic mass is 10.0. The lowest BCUT2D eigenvalue weighted by molar-refractivity contribution is -0.109. The van der Waals surface area contributed by atoms with Crippen molar-refractivity contribution in [2.75, 3.05) is 7.11 Å². The molecule has 1 N–H and O–H groups in total. The van der Waals surface area contributed by atoms with Crippen molar-refractivity contribution in [1.29, 1.82) is 0 Å². The van der Waals surface area contributed by atoms with Crippen molar-refractivity contribution in [3.63, 3.8) is 0 Å². The number of phenolic OH excluding ortho intramolecular Hbond substituents is 1. The zero-order valence-corrected chi connectivity index (χ0v) is 10.7. The van der Waals surface area contributed by atoms with E-state index in [9.17, 15) is 9.90 Å². The summed E-state index contributed by atoms with van der Waals surface area (Å²) in [5.41, 5.74) is 0.876. The van der Waals surface area contributed by atoms with Crippen molar-refractivity contribution < 1.29 is 14.6 Å². The monoisotopic (exact) mass is 263 g/mol. The topological polar surface area (TPSA) is 59.4 Å². The van der Waals surface area contributed by atoms with E-state index in [4.69, 9.17) is 4.74 Å². The number of hydrogen-bond acceptors (Lipinski definition) is 5. The number of carbonyl (C=O) groups excluding carboxylic acids is 1. The Morgan fingerprint density at radius 1 is 1.56 bits per heavy atom. The summed E-state index contributed by atoms with van der Waals surface area (Å²) < 4.78 is 4.97. The van der Waals surface area contributed by atoms with Gasteiger partial charge in [-0.15, -0.1) is 11.3 Å². The third-order valence-corrected chi connectivity index (χ3v) is 3.54. The van der Waals surface area contributed by atoms with Crippen molar-refractivity contribution in [2.24, 2.45) is 0 Å². The number of aromatic hydroxyl groups is 1. The van der Waals surface area contributed by atoms with Gasteiger partial charge in [-0.2, -0.15) is 0 Å². The van der Waals surface area contributed by atoms with E-state index in [0.717, 1.165) is 16.9 Å². The second-order valence-electron chi connectivity index (χ2n) is 3.82. The second kappa shape index (κ2) is 5.64. The van der Waals surface area contributed by atoms with E-state index in [1.807, 2.05) is 11.4 Å². The molecule has 0 aliphatic carbocycles. The van der Waals surface area contributed by atoms with Crippen LogP contribution in [0.5, 0.6) is 11.5 Å². The number of aldehydes is 1. The summed E-state index contributed by atoms with van der Waals surface area (Å²) in [5, 5.41) is 12.3. The highest BCUT2D eigenvalue weighted by Gasteiger charge is 2.14. The summed E-state index contributed by atoms with van der Waals surface area (Å²) in [5.74, 6) is 0.243. The number of nitrogens with zero attached hydrogens (tertiary/aromatic N) is 1. The fourth-order valence-corrected chi connectivity index (χ4v) is 2.42. The molecule has 0 saturated carbocycles. The number of aromatic nitrogens is 1. The molecule has 1 heterocycles. The minimum atomic E-state index is -0.266. The van der Waals surface area contributed by atoms with Crippen LogP contribution in [0.3, 0.4) is 0 Å². The molecular formula is C13H13NO3S. The molecular weight excluding hydrogens is 250 g/mol. The number of phenols is 1. The molecule has 0 fully saturated rings. The van der Waals surface area contributed by atoms with Crippen LogP contribution in [0.4, 0.5) is 0 Å². The standard InChI is InChI=1S/C13H13NO3S/c1-17-12-3-2-9(7-11(12)16)6-10(8-15)13-14-4-5-18-13/h2-5,7-8,10,16H,6H2,1H3. The second-order valence-corrected chi connectivity index (χ2v) is 4.75. The first-order chi connectivity index (χ1) is 8.74. The minimum absolute atomic E-state index is 0.0822. The average Bonchev–Trinajstić information content (AvgIpc) is 2.90. The number of rotatable bonds is 5. The van der Waals surface area contributed by atoms with E-state index in [0.29, 0.717) is 12.2 Å². The van der Waals surface area contributed by atoms with Gasteiger partial charge in [0, 0.05) is 11.6 Å². The van der Waals surface area contributed by atoms with E-state index in [-0.39, 0.29) is 11.7 Å². The molecule has 1 unspecified atom stereocenters. The van der Waals surface area contributed by atoms with Gasteiger partial charge in [0.2, 0.25) is 0 Å². The van der Waals surface area contributed by atoms with E-state index < -0.39 is 0 Å². The first-order valence-corrected chi connectivity index (χ1v) is 6.33. The van der Waals surface area contributed by atoms with Crippen LogP contribution >= 0.6 is 11.3 Å². The van der Waals surface area contributed by atoms with Gasteiger partial charge in [0.1, 0.15) is 11.3 Å². The maximum atomic E-state index is 11.1. The molecule has 1 aromatic heterocycles. The molecule has 5 heteroatoms. The van der Waals surface area contributed by atoms with Crippen molar-refractivity contribution in [3.8, 4) is 11.5 Å². The Morgan fingerprint density at radius 3 is 2.94 bits per heavy atom. The number of thiazole rings is 1. The SMILES string of the molecule is COc1ccc(CC(C=O)c2nccs2)cc1O. The molecule has 0 aliphatic heterocycles. The largest absolute Gasteiger partial charge is 0.504 e. The highest BCUT2D eigenvalue weighted by Crippen LogP contribution is 2.29. The number of methoxy groups -OCH3 is 1. The van der Waals surface area contributed by atoms with Gasteiger partial charge in [0.25, 0.3) is 0 Å². The molecule has 2 aromatic rings. The van der Waals surface area contributed by atoms with Crippen LogP contribution in [0.15, 0.2) is 29.8 Å². The van der Waals surface area contributed by atoms with Crippen LogP contribution in [0.1, 0.15) is 16.5 Å². The smallest absolute Gasteiger partial charge is 0.160 e. The first-order valence-electron chi connectivity index (χ1n) is 5.45. The molecule has 0 bridgehead atoms. The number of hydrogen-bond donors (Lipinski definition) is 1. The Bertz CT molecular complexity index is 525. The fraction of sp³-hybridized carbons (Fsp3) is 0.231. The van der Waals surface area contributed by atoms with Gasteiger partial charge in [-0.25, -0.2) is 4.98 Å². The Balaban J connectivity index is 2.17. The Labute approximate surface area is 109 Å². The van der Waals surface area contributed by atoms with Gasteiger partial charge in [0.05, 0.1) is 13.0 Å². The predicted molar refractivity (Wildman–Crippen MR) is 69.3 cm³/mol. The van der Waals surface area contributed by atoms with E-state index in [1.54, 1.807) is 18.3 Å². The van der Waals surface area contributed by atoms with Crippen molar-refractivity contribution in [3.05, 3.63) is 40.3 Å². The van der Waals surface area contributed by atoms with Crippen LogP contribution in [0.25, 0.3) is 0 Å². The van der Waals surface area contributed by atoms with Crippen LogP contribution in [-0.4, -0.2) is 23.5 Å². The van der Waals surface area contributed by atoms with Gasteiger partial charge in [0.15, 0.2) is 11.5 Å². The van der Waals surface area contributed by atoms with Crippen LogP contribution in [0, 0.1) is 0 Å². The van der Waals surface area contributed by atoms with Gasteiger partial charge >= 0.3 is 0 Å². The summed E-state index contributed by atoms with van der Waals surface area (Å²) >= 11 is 1.46. The zero-order valence-electron chi connectivity index (χ0n) is 9.87. The molecule has 0 amide bonds. The zero-order chi connectivity index (χ0) is 13.0. The molecule has 0 saturated heterocycles. The molecule has 1 aromatic carbocycles. The van der Waals surface area contributed by atoms with Crippen molar-refractivity contribution in [2.45, 2.75) is 12.3 Å². The van der Waals surface area contributed by atoms with Gasteiger partial charge < -0.3 is 14.6 Å². The molecule has 18 heavy (non-hydrogen) atoms. The van der Waals surface area contributed by atoms with E-state index in [2.05, 4.69) is 4.98 Å². The molecule has 0 spiro atoms. The van der Waals surface area contributed by atoms with E-state index in [1.165, 1.54) is 18.4 Å². The minimum Gasteiger partial charge on any atom is -0.504 e. The third kappa shape index (κ3) is 2.68. The maximum Gasteiger partial charge on any atom is 0.160 e. The normalized spacial score (nSPS) is 12.1. The summed E-state index contributed by atoms with van der Waals surface area (Å²) in [7, 11) is 1.50. The Morgan fingerprint density at radius 2 is 2.39 bits per heavy atom. The average molecular weight is 263 g/mol. The van der Waals surface area contributed by atoms with Crippen LogP contribution in [-0.2, 0) is 11.2 Å². The number of carbonyl (C=O) groups is 1. The summed E-state index contributed by atoms with van der Waals surface area (Å²) in [6.45, 7) is 0. The van der Waals surface area contributed by atoms with Gasteiger partial charge in [-0.1, -0.05) is 6.07 Å². The fourth-order valence-electron chi connectivity index (χ4n) is 1.73. The van der Waals surface area contributed by atoms with Gasteiger partial charge in [-0.05, 0) is 24.1 Å². The van der Waals surface area contributed by atoms with Crippen molar-refractivity contribution >= 4 is 17.6 Å². The van der Waals surface area contributed by atoms with Crippen molar-refractivity contribution in [1.82, 2.24) is 4.98 Å². The molecule has 0 radical (unpaired) electrons. The number of ether oxygens (including phenoxy) is 1. The van der Waals surface area contributed by atoms with Gasteiger partial charge in [-0.3, -0.25) is 0 Å². The summed E-state index contributed by atoms with van der Waals surface area (Å²) in [4.78, 5) is 15.2. The molecule has 1 atom stereocenters. The summed E-state index contributed by atoms with van der Waals surface area (Å²) in [6, 6.07) is 5.14. The lowest BCUT2D eigenvalue weighted by Gasteiger charge is -2.09. The number of benzene rings is 1. The maximum absolute atomic E-state index is 11.1. The molecule has 4 nitrogen and oxygen atoms in total. The molecule has 2 rings (SSSR count). The predicted octanol–water partition coefficient (Wildman–Crippen LogP) is 2.38. The van der Waals surface area contributed by atoms with Crippen LogP contribution in [0.2, 0.25) is 0 Å². The molecule has 94 valence electrons. The van der Waals surface area contributed by atoms with E-state index >= 15 is 0 Å². The highest BCUT2D eigenvalue weighted by atomic mass is 32.1. The molecule has 0 aliphatic rings. The van der Waals surface area contributed by atoms with Crippen LogP contribution < -0.4 is 4.74 Å². The first kappa shape index (κ1) is 12.6. The Hall–Kier alpha value is -1.88. The Kier molecular flexibility index (Phi) is 3.94. The highest BCUT2D eigenvalue weighted by molar-refractivity contribution is 7.09. The quantitative estimate of drug-likeness (QED) is 0.841.